The first-order valence-electron chi connectivity index (χ1n) is 5.85. The molecule has 1 aliphatic rings. The van der Waals surface area contributed by atoms with Gasteiger partial charge in [0, 0.05) is 12.2 Å². The molecule has 0 spiro atoms. The van der Waals surface area contributed by atoms with Crippen LogP contribution in [0.1, 0.15) is 25.3 Å². The molecule has 0 aliphatic carbocycles. The maximum atomic E-state index is 12.0. The third kappa shape index (κ3) is 2.09. The molecule has 2 rings (SSSR count). The number of rotatable bonds is 1. The minimum atomic E-state index is -0.425. The zero-order valence-corrected chi connectivity index (χ0v) is 9.65. The maximum absolute atomic E-state index is 12.0. The van der Waals surface area contributed by atoms with Crippen molar-refractivity contribution in [2.24, 2.45) is 5.73 Å². The Morgan fingerprint density at radius 3 is 2.88 bits per heavy atom. The number of benzene rings is 1. The molecule has 3 nitrogen and oxygen atoms in total. The lowest BCUT2D eigenvalue weighted by molar-refractivity contribution is -0.119. The van der Waals surface area contributed by atoms with Crippen molar-refractivity contribution in [1.82, 2.24) is 0 Å². The number of nitrogens with two attached hydrogens (primary N) is 1. The van der Waals surface area contributed by atoms with Crippen molar-refractivity contribution in [1.29, 1.82) is 0 Å². The van der Waals surface area contributed by atoms with Gasteiger partial charge in [0.2, 0.25) is 5.91 Å². The normalized spacial score (nSPS) is 17.5. The molecule has 1 aromatic carbocycles. The van der Waals surface area contributed by atoms with Crippen LogP contribution in [0.15, 0.2) is 24.3 Å². The van der Waals surface area contributed by atoms with Crippen LogP contribution in [0.3, 0.4) is 0 Å². The second-order valence-electron chi connectivity index (χ2n) is 4.36. The topological polar surface area (TPSA) is 46.3 Å². The predicted octanol–water partition coefficient (Wildman–Crippen LogP) is 1.70. The van der Waals surface area contributed by atoms with E-state index in [0.717, 1.165) is 31.5 Å². The summed E-state index contributed by atoms with van der Waals surface area (Å²) in [6.45, 7) is 2.53. The van der Waals surface area contributed by atoms with Gasteiger partial charge in [-0.15, -0.1) is 0 Å². The van der Waals surface area contributed by atoms with Gasteiger partial charge in [-0.05, 0) is 37.8 Å². The fourth-order valence-electron chi connectivity index (χ4n) is 2.17. The molecule has 1 aromatic rings. The Hall–Kier alpha value is -1.35. The molecule has 0 saturated heterocycles. The monoisotopic (exact) mass is 218 g/mol. The highest BCUT2D eigenvalue weighted by atomic mass is 16.2. The molecule has 1 unspecified atom stereocenters. The third-order valence-corrected chi connectivity index (χ3v) is 3.02. The lowest BCUT2D eigenvalue weighted by Gasteiger charge is -2.24. The molecular weight excluding hydrogens is 200 g/mol. The zero-order valence-electron chi connectivity index (χ0n) is 9.65. The largest absolute Gasteiger partial charge is 0.320 e. The number of carbonyl (C=O) groups excluding carboxylic acids is 1. The summed E-state index contributed by atoms with van der Waals surface area (Å²) >= 11 is 0. The number of fused-ring (bicyclic) bond motifs is 1. The van der Waals surface area contributed by atoms with E-state index >= 15 is 0 Å². The van der Waals surface area contributed by atoms with Crippen LogP contribution in [0.4, 0.5) is 5.69 Å². The Morgan fingerprint density at radius 2 is 2.12 bits per heavy atom. The van der Waals surface area contributed by atoms with E-state index < -0.39 is 6.04 Å². The summed E-state index contributed by atoms with van der Waals surface area (Å²) in [5.74, 6) is 0.0225. The first kappa shape index (κ1) is 11.1. The van der Waals surface area contributed by atoms with Gasteiger partial charge in [-0.25, -0.2) is 0 Å². The Labute approximate surface area is 96.2 Å². The van der Waals surface area contributed by atoms with Gasteiger partial charge in [0.15, 0.2) is 0 Å². The van der Waals surface area contributed by atoms with Crippen LogP contribution in [0.25, 0.3) is 0 Å². The SMILES string of the molecule is CC(N)C(=O)N1CCCCc2ccccc21. The average molecular weight is 218 g/mol. The molecule has 1 heterocycles. The molecule has 0 fully saturated rings. The molecule has 1 aliphatic heterocycles. The van der Waals surface area contributed by atoms with E-state index in [1.807, 2.05) is 23.1 Å². The highest BCUT2D eigenvalue weighted by molar-refractivity contribution is 5.97. The molecule has 2 N–H and O–H groups in total. The molecule has 1 atom stereocenters. The van der Waals surface area contributed by atoms with Gasteiger partial charge < -0.3 is 10.6 Å². The van der Waals surface area contributed by atoms with Gasteiger partial charge in [-0.1, -0.05) is 18.2 Å². The van der Waals surface area contributed by atoms with E-state index in [9.17, 15) is 4.79 Å². The second kappa shape index (κ2) is 4.66. The van der Waals surface area contributed by atoms with Crippen molar-refractivity contribution in [2.45, 2.75) is 32.2 Å². The van der Waals surface area contributed by atoms with Crippen LogP contribution in [-0.4, -0.2) is 18.5 Å². The number of para-hydroxylation sites is 1. The minimum Gasteiger partial charge on any atom is -0.320 e. The van der Waals surface area contributed by atoms with Crippen molar-refractivity contribution in [3.63, 3.8) is 0 Å². The molecular formula is C13H18N2O. The van der Waals surface area contributed by atoms with E-state index in [4.69, 9.17) is 5.73 Å². The summed E-state index contributed by atoms with van der Waals surface area (Å²) in [5.41, 5.74) is 7.99. The van der Waals surface area contributed by atoms with Crippen LogP contribution < -0.4 is 10.6 Å². The van der Waals surface area contributed by atoms with Crippen LogP contribution in [0, 0.1) is 0 Å². The molecule has 0 saturated carbocycles. The van der Waals surface area contributed by atoms with Crippen LogP contribution in [0.2, 0.25) is 0 Å². The summed E-state index contributed by atoms with van der Waals surface area (Å²) in [6, 6.07) is 7.69. The Bertz CT molecular complexity index is 387. The molecule has 16 heavy (non-hydrogen) atoms. The van der Waals surface area contributed by atoms with Crippen LogP contribution in [-0.2, 0) is 11.2 Å². The molecule has 0 aromatic heterocycles. The van der Waals surface area contributed by atoms with Gasteiger partial charge in [0.05, 0.1) is 6.04 Å². The number of anilines is 1. The molecule has 86 valence electrons. The van der Waals surface area contributed by atoms with E-state index in [2.05, 4.69) is 6.07 Å². The van der Waals surface area contributed by atoms with E-state index in [1.165, 1.54) is 5.56 Å². The van der Waals surface area contributed by atoms with Crippen molar-refractivity contribution < 1.29 is 4.79 Å². The number of hydrogen-bond acceptors (Lipinski definition) is 2. The molecule has 3 heteroatoms. The van der Waals surface area contributed by atoms with Crippen molar-refractivity contribution in [3.05, 3.63) is 29.8 Å². The highest BCUT2D eigenvalue weighted by Gasteiger charge is 2.22. The second-order valence-corrected chi connectivity index (χ2v) is 4.36. The standard InChI is InChI=1S/C13H18N2O/c1-10(14)13(16)15-9-5-4-7-11-6-2-3-8-12(11)15/h2-3,6,8,10H,4-5,7,9,14H2,1H3. The lowest BCUT2D eigenvalue weighted by Crippen LogP contribution is -2.42. The summed E-state index contributed by atoms with van der Waals surface area (Å²) in [7, 11) is 0. The average Bonchev–Trinajstić information content (AvgIpc) is 2.50. The van der Waals surface area contributed by atoms with Crippen molar-refractivity contribution in [3.8, 4) is 0 Å². The summed E-state index contributed by atoms with van der Waals surface area (Å²) in [4.78, 5) is 13.9. The fraction of sp³-hybridized carbons (Fsp3) is 0.462. The van der Waals surface area contributed by atoms with Crippen molar-refractivity contribution in [2.75, 3.05) is 11.4 Å². The molecule has 0 radical (unpaired) electrons. The Morgan fingerprint density at radius 1 is 1.38 bits per heavy atom. The lowest BCUT2D eigenvalue weighted by atomic mass is 10.1. The van der Waals surface area contributed by atoms with Gasteiger partial charge >= 0.3 is 0 Å². The first-order chi connectivity index (χ1) is 7.70. The number of nitrogens with zero attached hydrogens (tertiary/aromatic N) is 1. The Kier molecular flexibility index (Phi) is 3.25. The quantitative estimate of drug-likeness (QED) is 0.780. The van der Waals surface area contributed by atoms with Gasteiger partial charge in [0.1, 0.15) is 0 Å². The van der Waals surface area contributed by atoms with Crippen LogP contribution >= 0.6 is 0 Å². The van der Waals surface area contributed by atoms with Crippen LogP contribution in [0.5, 0.6) is 0 Å². The smallest absolute Gasteiger partial charge is 0.243 e. The molecule has 1 amide bonds. The highest BCUT2D eigenvalue weighted by Crippen LogP contribution is 2.26. The van der Waals surface area contributed by atoms with E-state index in [1.54, 1.807) is 6.92 Å². The maximum Gasteiger partial charge on any atom is 0.243 e. The predicted molar refractivity (Wildman–Crippen MR) is 65.4 cm³/mol. The number of aryl methyl sites for hydroxylation is 1. The van der Waals surface area contributed by atoms with Gasteiger partial charge in [0.25, 0.3) is 0 Å². The number of amides is 1. The van der Waals surface area contributed by atoms with Crippen molar-refractivity contribution >= 4 is 11.6 Å². The van der Waals surface area contributed by atoms with Gasteiger partial charge in [-0.2, -0.15) is 0 Å². The fourth-order valence-corrected chi connectivity index (χ4v) is 2.17. The Balaban J connectivity index is 2.36. The third-order valence-electron chi connectivity index (χ3n) is 3.02. The molecule has 0 bridgehead atoms. The first-order valence-corrected chi connectivity index (χ1v) is 5.85. The van der Waals surface area contributed by atoms with E-state index in [0.29, 0.717) is 0 Å². The zero-order chi connectivity index (χ0) is 11.5. The summed E-state index contributed by atoms with van der Waals surface area (Å²) < 4.78 is 0. The number of hydrogen-bond donors (Lipinski definition) is 1. The van der Waals surface area contributed by atoms with E-state index in [-0.39, 0.29) is 5.91 Å². The minimum absolute atomic E-state index is 0.0225. The summed E-state index contributed by atoms with van der Waals surface area (Å²) in [5, 5.41) is 0. The summed E-state index contributed by atoms with van der Waals surface area (Å²) in [6.07, 6.45) is 3.24. The number of carbonyl (C=O) groups is 1. The van der Waals surface area contributed by atoms with Gasteiger partial charge in [-0.3, -0.25) is 4.79 Å².